The quantitative estimate of drug-likeness (QED) is 0.604. The van der Waals surface area contributed by atoms with Gasteiger partial charge in [0.15, 0.2) is 4.77 Å². The molecule has 72 valence electrons. The third-order valence-corrected chi connectivity index (χ3v) is 2.33. The number of aromatic nitrogens is 3. The van der Waals surface area contributed by atoms with Gasteiger partial charge in [0.05, 0.1) is 17.2 Å². The minimum absolute atomic E-state index is 0.719. The third kappa shape index (κ3) is 1.48. The molecule has 0 aliphatic carbocycles. The summed E-state index contributed by atoms with van der Waals surface area (Å²) in [5, 5.41) is 0. The molecule has 2 aromatic rings. The summed E-state index contributed by atoms with van der Waals surface area (Å²) in [4.78, 5) is 7.21. The van der Waals surface area contributed by atoms with Crippen LogP contribution < -0.4 is 0 Å². The third-order valence-electron chi connectivity index (χ3n) is 2.01. The Kier molecular flexibility index (Phi) is 2.21. The van der Waals surface area contributed by atoms with E-state index in [0.29, 0.717) is 0 Å². The highest BCUT2D eigenvalue weighted by atomic mass is 32.1. The molecule has 0 aliphatic heterocycles. The molecule has 0 unspecified atom stereocenters. The monoisotopic (exact) mass is 205 g/mol. The summed E-state index contributed by atoms with van der Waals surface area (Å²) in [5.41, 5.74) is 3.12. The van der Waals surface area contributed by atoms with Gasteiger partial charge >= 0.3 is 0 Å². The molecular weight excluding hydrogens is 194 g/mol. The van der Waals surface area contributed by atoms with Crippen LogP contribution in [0.5, 0.6) is 0 Å². The number of hydrogen-bond donors (Lipinski definition) is 1. The number of pyridine rings is 1. The van der Waals surface area contributed by atoms with E-state index in [2.05, 4.69) is 16.5 Å². The van der Waals surface area contributed by atoms with Gasteiger partial charge in [-0.3, -0.25) is 4.98 Å². The molecule has 3 nitrogen and oxygen atoms in total. The zero-order chi connectivity index (χ0) is 10.1. The summed E-state index contributed by atoms with van der Waals surface area (Å²) in [5.74, 6) is 0. The maximum Gasteiger partial charge on any atom is 0.178 e. The molecule has 0 fully saturated rings. The topological polar surface area (TPSA) is 33.6 Å². The fourth-order valence-electron chi connectivity index (χ4n) is 1.43. The van der Waals surface area contributed by atoms with Crippen LogP contribution in [0.3, 0.4) is 0 Å². The second-order valence-electron chi connectivity index (χ2n) is 3.37. The standard InChI is InChI=1S/C10H11N3S/c1-7(2)6-13-9-5-11-4-3-8(9)12-10(13)14/h3-5H,1,6H2,2H3,(H,12,14). The molecule has 4 heteroatoms. The highest BCUT2D eigenvalue weighted by molar-refractivity contribution is 7.71. The van der Waals surface area contributed by atoms with E-state index in [1.165, 1.54) is 0 Å². The summed E-state index contributed by atoms with van der Waals surface area (Å²) >= 11 is 5.21. The maximum atomic E-state index is 5.21. The van der Waals surface area contributed by atoms with Crippen LogP contribution in [-0.4, -0.2) is 14.5 Å². The molecule has 0 saturated carbocycles. The average molecular weight is 205 g/mol. The molecule has 14 heavy (non-hydrogen) atoms. The molecular formula is C10H11N3S. The van der Waals surface area contributed by atoms with E-state index in [-0.39, 0.29) is 0 Å². The van der Waals surface area contributed by atoms with E-state index in [1.807, 2.05) is 23.8 Å². The number of imidazole rings is 1. The second-order valence-corrected chi connectivity index (χ2v) is 3.75. The maximum absolute atomic E-state index is 5.21. The Morgan fingerprint density at radius 2 is 2.50 bits per heavy atom. The van der Waals surface area contributed by atoms with Crippen LogP contribution in [0.4, 0.5) is 0 Å². The largest absolute Gasteiger partial charge is 0.330 e. The Bertz CT molecular complexity index is 536. The Hall–Kier alpha value is -1.42. The van der Waals surface area contributed by atoms with Gasteiger partial charge < -0.3 is 9.55 Å². The van der Waals surface area contributed by atoms with Crippen molar-refractivity contribution < 1.29 is 0 Å². The van der Waals surface area contributed by atoms with Gasteiger partial charge in [0.1, 0.15) is 0 Å². The van der Waals surface area contributed by atoms with E-state index in [4.69, 9.17) is 12.2 Å². The minimum atomic E-state index is 0.719. The van der Waals surface area contributed by atoms with Crippen molar-refractivity contribution in [1.82, 2.24) is 14.5 Å². The molecule has 0 spiro atoms. The number of allylic oxidation sites excluding steroid dienone is 1. The molecule has 0 radical (unpaired) electrons. The van der Waals surface area contributed by atoms with Crippen molar-refractivity contribution in [3.63, 3.8) is 0 Å². The van der Waals surface area contributed by atoms with Crippen molar-refractivity contribution in [3.8, 4) is 0 Å². The first-order valence-electron chi connectivity index (χ1n) is 4.35. The first kappa shape index (κ1) is 9.15. The Morgan fingerprint density at radius 3 is 3.21 bits per heavy atom. The van der Waals surface area contributed by atoms with Gasteiger partial charge in [-0.2, -0.15) is 0 Å². The normalized spacial score (nSPS) is 10.6. The van der Waals surface area contributed by atoms with Gasteiger partial charge in [0.25, 0.3) is 0 Å². The molecule has 0 atom stereocenters. The van der Waals surface area contributed by atoms with E-state index in [9.17, 15) is 0 Å². The molecule has 2 aromatic heterocycles. The minimum Gasteiger partial charge on any atom is -0.330 e. The summed E-state index contributed by atoms with van der Waals surface area (Å²) in [7, 11) is 0. The smallest absolute Gasteiger partial charge is 0.178 e. The molecule has 2 heterocycles. The van der Waals surface area contributed by atoms with Crippen LogP contribution in [0.1, 0.15) is 6.92 Å². The summed E-state index contributed by atoms with van der Waals surface area (Å²) < 4.78 is 2.72. The lowest BCUT2D eigenvalue weighted by atomic mass is 10.3. The molecule has 1 N–H and O–H groups in total. The van der Waals surface area contributed by atoms with Crippen molar-refractivity contribution in [2.24, 2.45) is 0 Å². The van der Waals surface area contributed by atoms with Crippen LogP contribution in [-0.2, 0) is 6.54 Å². The van der Waals surface area contributed by atoms with Gasteiger partial charge in [-0.25, -0.2) is 0 Å². The predicted octanol–water partition coefficient (Wildman–Crippen LogP) is 2.67. The van der Waals surface area contributed by atoms with Crippen molar-refractivity contribution in [2.45, 2.75) is 13.5 Å². The zero-order valence-electron chi connectivity index (χ0n) is 7.95. The first-order chi connectivity index (χ1) is 6.68. The Labute approximate surface area is 87.1 Å². The molecule has 0 amide bonds. The van der Waals surface area contributed by atoms with Gasteiger partial charge in [-0.1, -0.05) is 12.2 Å². The number of fused-ring (bicyclic) bond motifs is 1. The van der Waals surface area contributed by atoms with E-state index in [1.54, 1.807) is 6.20 Å². The second kappa shape index (κ2) is 3.38. The predicted molar refractivity (Wildman–Crippen MR) is 59.7 cm³/mol. The van der Waals surface area contributed by atoms with E-state index >= 15 is 0 Å². The van der Waals surface area contributed by atoms with Gasteiger partial charge in [0, 0.05) is 12.7 Å². The first-order valence-corrected chi connectivity index (χ1v) is 4.76. The fourth-order valence-corrected chi connectivity index (χ4v) is 1.70. The number of nitrogens with zero attached hydrogens (tertiary/aromatic N) is 2. The van der Waals surface area contributed by atoms with Gasteiger partial charge in [0.2, 0.25) is 0 Å². The van der Waals surface area contributed by atoms with Crippen LogP contribution >= 0.6 is 12.2 Å². The molecule has 0 saturated heterocycles. The zero-order valence-corrected chi connectivity index (χ0v) is 8.77. The lowest BCUT2D eigenvalue weighted by molar-refractivity contribution is 0.796. The highest BCUT2D eigenvalue weighted by Crippen LogP contribution is 2.13. The van der Waals surface area contributed by atoms with Crippen molar-refractivity contribution >= 4 is 23.3 Å². The lowest BCUT2D eigenvalue weighted by Crippen LogP contribution is -1.98. The number of aromatic amines is 1. The molecule has 0 aliphatic rings. The van der Waals surface area contributed by atoms with Crippen molar-refractivity contribution in [2.75, 3.05) is 0 Å². The summed E-state index contributed by atoms with van der Waals surface area (Å²) in [6.45, 7) is 6.60. The molecule has 0 bridgehead atoms. The number of rotatable bonds is 2. The lowest BCUT2D eigenvalue weighted by Gasteiger charge is -2.02. The van der Waals surface area contributed by atoms with E-state index in [0.717, 1.165) is 27.9 Å². The number of H-pyrrole nitrogens is 1. The van der Waals surface area contributed by atoms with Crippen LogP contribution in [0.25, 0.3) is 11.0 Å². The number of nitrogens with one attached hydrogen (secondary N) is 1. The SMILES string of the molecule is C=C(C)Cn1c(=S)[nH]c2ccncc21. The molecule has 2 rings (SSSR count). The Morgan fingerprint density at radius 1 is 1.71 bits per heavy atom. The molecule has 0 aromatic carbocycles. The van der Waals surface area contributed by atoms with Gasteiger partial charge in [-0.05, 0) is 25.2 Å². The highest BCUT2D eigenvalue weighted by Gasteiger charge is 2.02. The Balaban J connectivity index is 2.68. The van der Waals surface area contributed by atoms with Crippen molar-refractivity contribution in [3.05, 3.63) is 35.4 Å². The summed E-state index contributed by atoms with van der Waals surface area (Å²) in [6, 6.07) is 1.92. The van der Waals surface area contributed by atoms with E-state index < -0.39 is 0 Å². The van der Waals surface area contributed by atoms with Crippen LogP contribution in [0, 0.1) is 4.77 Å². The van der Waals surface area contributed by atoms with Crippen LogP contribution in [0.15, 0.2) is 30.6 Å². The van der Waals surface area contributed by atoms with Gasteiger partial charge in [-0.15, -0.1) is 0 Å². The fraction of sp³-hybridized carbons (Fsp3) is 0.200. The number of hydrogen-bond acceptors (Lipinski definition) is 2. The van der Waals surface area contributed by atoms with Crippen molar-refractivity contribution in [1.29, 1.82) is 0 Å². The van der Waals surface area contributed by atoms with Crippen LogP contribution in [0.2, 0.25) is 0 Å². The average Bonchev–Trinajstić information content (AvgIpc) is 2.43. The summed E-state index contributed by atoms with van der Waals surface area (Å²) in [6.07, 6.45) is 3.56.